The van der Waals surface area contributed by atoms with Gasteiger partial charge in [0.25, 0.3) is 0 Å². The van der Waals surface area contributed by atoms with Gasteiger partial charge in [0.05, 0.1) is 12.7 Å². The third kappa shape index (κ3) is 4.55. The highest BCUT2D eigenvalue weighted by Gasteiger charge is 2.41. The largest absolute Gasteiger partial charge is 0.465 e. The van der Waals surface area contributed by atoms with Gasteiger partial charge in [0.2, 0.25) is 0 Å². The Morgan fingerprint density at radius 1 is 1.28 bits per heavy atom. The summed E-state index contributed by atoms with van der Waals surface area (Å²) in [5.41, 5.74) is -0.836. The molecule has 0 spiro atoms. The molecule has 0 aliphatic carbocycles. The molecule has 0 fully saturated rings. The van der Waals surface area contributed by atoms with Gasteiger partial charge >= 0.3 is 17.9 Å². The molecule has 2 rings (SSSR count). The second-order valence-corrected chi connectivity index (χ2v) is 6.93. The van der Waals surface area contributed by atoms with Crippen LogP contribution in [0.2, 0.25) is 5.02 Å². The molecule has 0 N–H and O–H groups in total. The van der Waals surface area contributed by atoms with Gasteiger partial charge in [-0.3, -0.25) is 0 Å². The minimum absolute atomic E-state index is 0.114. The monoisotopic (exact) mass is 384 g/mol. The van der Waals surface area contributed by atoms with E-state index in [1.165, 1.54) is 18.9 Å². The van der Waals surface area contributed by atoms with E-state index in [1.54, 1.807) is 37.4 Å². The van der Waals surface area contributed by atoms with E-state index in [1.807, 2.05) is 0 Å². The molecule has 1 aliphatic heterocycles. The molecule has 0 radical (unpaired) electrons. The van der Waals surface area contributed by atoms with E-state index in [-0.39, 0.29) is 18.6 Å². The molecule has 0 saturated heterocycles. The van der Waals surface area contributed by atoms with E-state index < -0.39 is 23.5 Å². The zero-order chi connectivity index (χ0) is 18.6. The fourth-order valence-corrected chi connectivity index (χ4v) is 3.24. The smallest absolute Gasteiger partial charge is 0.347 e. The Labute approximate surface area is 154 Å². The summed E-state index contributed by atoms with van der Waals surface area (Å²) in [6.45, 7) is 1.50. The summed E-state index contributed by atoms with van der Waals surface area (Å²) in [7, 11) is 1.20. The zero-order valence-electron chi connectivity index (χ0n) is 14.0. The van der Waals surface area contributed by atoms with Gasteiger partial charge in [-0.15, -0.1) is 11.8 Å². The maximum absolute atomic E-state index is 12.2. The molecule has 6 nitrogen and oxygen atoms in total. The number of esters is 3. The minimum atomic E-state index is -1.06. The van der Waals surface area contributed by atoms with Crippen molar-refractivity contribution in [3.05, 3.63) is 45.3 Å². The van der Waals surface area contributed by atoms with Crippen LogP contribution in [0.4, 0.5) is 0 Å². The van der Waals surface area contributed by atoms with Gasteiger partial charge in [0.15, 0.2) is 5.57 Å². The van der Waals surface area contributed by atoms with Gasteiger partial charge in [-0.1, -0.05) is 11.6 Å². The third-order valence-corrected chi connectivity index (χ3v) is 4.67. The quantitative estimate of drug-likeness (QED) is 0.438. The molecule has 1 aromatic carbocycles. The van der Waals surface area contributed by atoms with E-state index in [9.17, 15) is 14.4 Å². The van der Waals surface area contributed by atoms with E-state index in [0.29, 0.717) is 15.5 Å². The molecular weight excluding hydrogens is 368 g/mol. The topological polar surface area (TPSA) is 78.9 Å². The van der Waals surface area contributed by atoms with Gasteiger partial charge in [-0.25, -0.2) is 14.4 Å². The normalized spacial score (nSPS) is 20.1. The number of methoxy groups -OCH3 is 1. The van der Waals surface area contributed by atoms with Crippen molar-refractivity contribution in [2.45, 2.75) is 18.9 Å². The minimum Gasteiger partial charge on any atom is -0.465 e. The predicted molar refractivity (Wildman–Crippen MR) is 93.4 cm³/mol. The molecule has 8 heteroatoms. The second kappa shape index (κ2) is 7.93. The Kier molecular flexibility index (Phi) is 6.13. The summed E-state index contributed by atoms with van der Waals surface area (Å²) < 4.78 is 15.2. The number of carbonyl (C=O) groups excluding carboxylic acids is 3. The first-order valence-electron chi connectivity index (χ1n) is 7.31. The lowest BCUT2D eigenvalue weighted by molar-refractivity contribution is -0.162. The molecule has 0 bridgehead atoms. The summed E-state index contributed by atoms with van der Waals surface area (Å²) >= 11 is 7.04. The van der Waals surface area contributed by atoms with Crippen LogP contribution in [0.25, 0.3) is 0 Å². The number of benzene rings is 1. The molecule has 1 aromatic rings. The summed E-state index contributed by atoms with van der Waals surface area (Å²) in [5.74, 6) is -2.08. The third-order valence-electron chi connectivity index (χ3n) is 3.58. The van der Waals surface area contributed by atoms with Crippen molar-refractivity contribution < 1.29 is 28.6 Å². The Hall–Kier alpha value is -1.99. The first-order valence-corrected chi connectivity index (χ1v) is 8.91. The highest BCUT2D eigenvalue weighted by atomic mass is 35.5. The fourth-order valence-electron chi connectivity index (χ4n) is 2.29. The van der Waals surface area contributed by atoms with Crippen LogP contribution in [0.1, 0.15) is 23.7 Å². The van der Waals surface area contributed by atoms with E-state index >= 15 is 0 Å². The average molecular weight is 385 g/mol. The van der Waals surface area contributed by atoms with Crippen LogP contribution in [0.5, 0.6) is 0 Å². The second-order valence-electron chi connectivity index (χ2n) is 5.59. The maximum atomic E-state index is 12.2. The van der Waals surface area contributed by atoms with Gasteiger partial charge in [0.1, 0.15) is 12.2 Å². The highest BCUT2D eigenvalue weighted by molar-refractivity contribution is 8.02. The van der Waals surface area contributed by atoms with Crippen molar-refractivity contribution in [1.29, 1.82) is 0 Å². The average Bonchev–Trinajstić information content (AvgIpc) is 2.59. The van der Waals surface area contributed by atoms with Crippen LogP contribution in [-0.2, 0) is 23.8 Å². The lowest BCUT2D eigenvalue weighted by Crippen LogP contribution is -2.43. The molecule has 1 atom stereocenters. The van der Waals surface area contributed by atoms with Crippen molar-refractivity contribution in [1.82, 2.24) is 0 Å². The van der Waals surface area contributed by atoms with Gasteiger partial charge in [0, 0.05) is 16.3 Å². The lowest BCUT2D eigenvalue weighted by atomic mass is 9.97. The van der Waals surface area contributed by atoms with Crippen molar-refractivity contribution in [2.24, 2.45) is 0 Å². The molecule has 0 amide bonds. The zero-order valence-corrected chi connectivity index (χ0v) is 15.5. The molecule has 1 aliphatic rings. The van der Waals surface area contributed by atoms with Crippen LogP contribution in [0.15, 0.2) is 34.7 Å². The van der Waals surface area contributed by atoms with Gasteiger partial charge in [-0.05, 0) is 37.4 Å². The number of hydrogen-bond donors (Lipinski definition) is 0. The first-order chi connectivity index (χ1) is 11.8. The molecule has 1 unspecified atom stereocenters. The highest BCUT2D eigenvalue weighted by Crippen LogP contribution is 2.36. The molecule has 0 saturated carbocycles. The van der Waals surface area contributed by atoms with Crippen LogP contribution >= 0.6 is 23.4 Å². The van der Waals surface area contributed by atoms with E-state index in [0.717, 1.165) is 0 Å². The Morgan fingerprint density at radius 3 is 2.48 bits per heavy atom. The number of rotatable bonds is 5. The van der Waals surface area contributed by atoms with Gasteiger partial charge in [-0.2, -0.15) is 0 Å². The molecule has 25 heavy (non-hydrogen) atoms. The van der Waals surface area contributed by atoms with Crippen molar-refractivity contribution in [3.63, 3.8) is 0 Å². The summed E-state index contributed by atoms with van der Waals surface area (Å²) in [4.78, 5) is 36.6. The van der Waals surface area contributed by atoms with Crippen molar-refractivity contribution in [3.8, 4) is 0 Å². The molecule has 0 aromatic heterocycles. The summed E-state index contributed by atoms with van der Waals surface area (Å²) in [5, 5.41) is 0.509. The number of halogens is 1. The van der Waals surface area contributed by atoms with Crippen LogP contribution in [0, 0.1) is 0 Å². The number of ether oxygens (including phenoxy) is 3. The lowest BCUT2D eigenvalue weighted by Gasteiger charge is -2.34. The van der Waals surface area contributed by atoms with Crippen molar-refractivity contribution in [2.75, 3.05) is 20.0 Å². The number of cyclic esters (lactones) is 1. The molecular formula is C17H17ClO6S. The van der Waals surface area contributed by atoms with Crippen LogP contribution < -0.4 is 0 Å². The van der Waals surface area contributed by atoms with E-state index in [2.05, 4.69) is 4.74 Å². The van der Waals surface area contributed by atoms with Crippen molar-refractivity contribution >= 4 is 41.3 Å². The first kappa shape index (κ1) is 19.3. The standard InChI is InChI=1S/C17H17ClO6S/c1-17(9-23-14(19)10-4-6-11(18)7-5-10)8-12(25-3)13(15(20)22-2)16(21)24-17/h4-7H,8-9H2,1-3H3. The summed E-state index contributed by atoms with van der Waals surface area (Å²) in [6, 6.07) is 6.25. The van der Waals surface area contributed by atoms with Crippen LogP contribution in [-0.4, -0.2) is 43.5 Å². The Bertz CT molecular complexity index is 727. The maximum Gasteiger partial charge on any atom is 0.347 e. The Balaban J connectivity index is 2.11. The number of hydrogen-bond acceptors (Lipinski definition) is 7. The van der Waals surface area contributed by atoms with E-state index in [4.69, 9.17) is 21.1 Å². The molecule has 1 heterocycles. The Morgan fingerprint density at radius 2 is 1.92 bits per heavy atom. The predicted octanol–water partition coefficient (Wildman–Crippen LogP) is 2.99. The number of thioether (sulfide) groups is 1. The van der Waals surface area contributed by atoms with Gasteiger partial charge < -0.3 is 14.2 Å². The fraction of sp³-hybridized carbons (Fsp3) is 0.353. The van der Waals surface area contributed by atoms with Crippen LogP contribution in [0.3, 0.4) is 0 Å². The molecule has 134 valence electrons. The number of carbonyl (C=O) groups is 3. The SMILES string of the molecule is COC(=O)C1=C(SC)CC(C)(COC(=O)c2ccc(Cl)cc2)OC1=O. The summed E-state index contributed by atoms with van der Waals surface area (Å²) in [6.07, 6.45) is 2.00.